The number of anilines is 2. The predicted molar refractivity (Wildman–Crippen MR) is 135 cm³/mol. The van der Waals surface area contributed by atoms with Crippen molar-refractivity contribution in [1.29, 1.82) is 0 Å². The van der Waals surface area contributed by atoms with Gasteiger partial charge in [0.15, 0.2) is 0 Å². The Labute approximate surface area is 209 Å². The van der Waals surface area contributed by atoms with Crippen LogP contribution in [0.15, 0.2) is 48.9 Å². The van der Waals surface area contributed by atoms with Crippen molar-refractivity contribution in [3.05, 3.63) is 60.4 Å². The van der Waals surface area contributed by atoms with Gasteiger partial charge in [-0.3, -0.25) is 14.5 Å². The van der Waals surface area contributed by atoms with Crippen LogP contribution in [-0.4, -0.2) is 40.6 Å². The van der Waals surface area contributed by atoms with Crippen molar-refractivity contribution in [2.24, 2.45) is 0 Å². The highest BCUT2D eigenvalue weighted by molar-refractivity contribution is 7.93. The highest BCUT2D eigenvalue weighted by atomic mass is 32.2. The summed E-state index contributed by atoms with van der Waals surface area (Å²) < 4.78 is 47.4. The first-order valence-corrected chi connectivity index (χ1v) is 13.3. The van der Waals surface area contributed by atoms with Gasteiger partial charge in [-0.05, 0) is 62.9 Å². The molecule has 1 aromatic carbocycles. The minimum absolute atomic E-state index is 0.0211. The molecule has 9 nitrogen and oxygen atoms in total. The molecule has 1 atom stereocenters. The standard InChI is InChI=1S/C25H28FN5O4S/c1-4-20(22-9-10-28-25(30-22)31-36(33,34)19-6-7-19)24(32)29-23-8-5-16(12-21(23)26)17-11-18(14-27-13-17)35-15(2)3/h5,8-15,19-20H,4,6-7H2,1-3H3,(H,29,32)(H,28,30,31). The van der Waals surface area contributed by atoms with Gasteiger partial charge >= 0.3 is 0 Å². The number of sulfonamides is 1. The summed E-state index contributed by atoms with van der Waals surface area (Å²) in [6.07, 6.45) is 6.15. The van der Waals surface area contributed by atoms with Gasteiger partial charge in [-0.1, -0.05) is 13.0 Å². The summed E-state index contributed by atoms with van der Waals surface area (Å²) in [5.41, 5.74) is 1.62. The number of carbonyl (C=O) groups is 1. The van der Waals surface area contributed by atoms with Crippen LogP contribution >= 0.6 is 0 Å². The van der Waals surface area contributed by atoms with E-state index in [0.717, 1.165) is 0 Å². The number of pyridine rings is 1. The number of nitrogens with one attached hydrogen (secondary N) is 2. The van der Waals surface area contributed by atoms with Crippen LogP contribution < -0.4 is 14.8 Å². The summed E-state index contributed by atoms with van der Waals surface area (Å²) in [5.74, 6) is -1.31. The smallest absolute Gasteiger partial charge is 0.237 e. The summed E-state index contributed by atoms with van der Waals surface area (Å²) in [6.45, 7) is 5.60. The molecule has 4 rings (SSSR count). The van der Waals surface area contributed by atoms with E-state index in [-0.39, 0.29) is 17.7 Å². The molecule has 0 saturated heterocycles. The third-order valence-electron chi connectivity index (χ3n) is 5.60. The Morgan fingerprint density at radius 3 is 2.61 bits per heavy atom. The molecule has 1 fully saturated rings. The number of carbonyl (C=O) groups excluding carboxylic acids is 1. The fraction of sp³-hybridized carbons (Fsp3) is 0.360. The maximum Gasteiger partial charge on any atom is 0.237 e. The van der Waals surface area contributed by atoms with Crippen LogP contribution in [0.5, 0.6) is 5.75 Å². The molecule has 1 amide bonds. The third-order valence-corrected chi connectivity index (χ3v) is 7.42. The van der Waals surface area contributed by atoms with Crippen molar-refractivity contribution < 1.29 is 22.3 Å². The molecule has 1 aliphatic carbocycles. The van der Waals surface area contributed by atoms with Gasteiger partial charge in [0.2, 0.25) is 21.9 Å². The molecule has 0 spiro atoms. The summed E-state index contributed by atoms with van der Waals surface area (Å²) in [5, 5.41) is 2.19. The van der Waals surface area contributed by atoms with Crippen LogP contribution in [0.2, 0.25) is 0 Å². The van der Waals surface area contributed by atoms with Crippen molar-refractivity contribution in [3.8, 4) is 16.9 Å². The molecule has 0 radical (unpaired) electrons. The van der Waals surface area contributed by atoms with E-state index < -0.39 is 32.9 Å². The van der Waals surface area contributed by atoms with Gasteiger partial charge in [0.25, 0.3) is 0 Å². The fourth-order valence-corrected chi connectivity index (χ4v) is 4.94. The Kier molecular flexibility index (Phi) is 7.48. The molecule has 1 aliphatic rings. The number of rotatable bonds is 10. The topological polar surface area (TPSA) is 123 Å². The molecular formula is C25H28FN5O4S. The minimum Gasteiger partial charge on any atom is -0.489 e. The zero-order valence-corrected chi connectivity index (χ0v) is 21.0. The van der Waals surface area contributed by atoms with Crippen molar-refractivity contribution in [2.75, 3.05) is 10.0 Å². The predicted octanol–water partition coefficient (Wildman–Crippen LogP) is 4.50. The lowest BCUT2D eigenvalue weighted by Crippen LogP contribution is -2.23. The second-order valence-corrected chi connectivity index (χ2v) is 10.8. The summed E-state index contributed by atoms with van der Waals surface area (Å²) >= 11 is 0. The first-order chi connectivity index (χ1) is 17.2. The van der Waals surface area contributed by atoms with Crippen molar-refractivity contribution in [1.82, 2.24) is 15.0 Å². The zero-order chi connectivity index (χ0) is 25.9. The Balaban J connectivity index is 1.49. The van der Waals surface area contributed by atoms with Crippen molar-refractivity contribution in [2.45, 2.75) is 57.3 Å². The zero-order valence-electron chi connectivity index (χ0n) is 20.2. The van der Waals surface area contributed by atoms with Crippen LogP contribution in [0.3, 0.4) is 0 Å². The highest BCUT2D eigenvalue weighted by Gasteiger charge is 2.36. The number of halogens is 1. The number of ether oxygens (including phenoxy) is 1. The average Bonchev–Trinajstić information content (AvgIpc) is 3.67. The fourth-order valence-electron chi connectivity index (χ4n) is 3.66. The van der Waals surface area contributed by atoms with Crippen LogP contribution in [0, 0.1) is 5.82 Å². The number of nitrogens with zero attached hydrogens (tertiary/aromatic N) is 3. The second kappa shape index (κ2) is 10.6. The van der Waals surface area contributed by atoms with Crippen molar-refractivity contribution in [3.63, 3.8) is 0 Å². The van der Waals surface area contributed by atoms with Gasteiger partial charge in [-0.15, -0.1) is 0 Å². The minimum atomic E-state index is -3.54. The largest absolute Gasteiger partial charge is 0.489 e. The number of hydrogen-bond donors (Lipinski definition) is 2. The van der Waals surface area contributed by atoms with Gasteiger partial charge < -0.3 is 10.1 Å². The first kappa shape index (κ1) is 25.5. The lowest BCUT2D eigenvalue weighted by molar-refractivity contribution is -0.117. The van der Waals surface area contributed by atoms with E-state index in [1.54, 1.807) is 37.5 Å². The van der Waals surface area contributed by atoms with Crippen molar-refractivity contribution >= 4 is 27.6 Å². The van der Waals surface area contributed by atoms with E-state index in [1.807, 2.05) is 13.8 Å². The number of hydrogen-bond acceptors (Lipinski definition) is 7. The van der Waals surface area contributed by atoms with Gasteiger partial charge in [0.1, 0.15) is 11.6 Å². The molecule has 1 saturated carbocycles. The summed E-state index contributed by atoms with van der Waals surface area (Å²) in [6, 6.07) is 7.81. The highest BCUT2D eigenvalue weighted by Crippen LogP contribution is 2.30. The van der Waals surface area contributed by atoms with E-state index in [2.05, 4.69) is 25.0 Å². The van der Waals surface area contributed by atoms with E-state index in [9.17, 15) is 17.6 Å². The maximum atomic E-state index is 14.9. The Bertz CT molecular complexity index is 1360. The third kappa shape index (κ3) is 6.14. The van der Waals surface area contributed by atoms with Gasteiger partial charge in [0, 0.05) is 18.0 Å². The molecule has 36 heavy (non-hydrogen) atoms. The van der Waals surface area contributed by atoms with Crippen LogP contribution in [0.4, 0.5) is 16.0 Å². The monoisotopic (exact) mass is 513 g/mol. The molecule has 11 heteroatoms. The normalized spacial score (nSPS) is 14.4. The van der Waals surface area contributed by atoms with E-state index in [4.69, 9.17) is 4.74 Å². The van der Waals surface area contributed by atoms with Gasteiger partial charge in [-0.2, -0.15) is 0 Å². The van der Waals surface area contributed by atoms with Gasteiger partial charge in [-0.25, -0.2) is 22.8 Å². The molecule has 1 unspecified atom stereocenters. The molecule has 2 heterocycles. The molecule has 0 bridgehead atoms. The Hall–Kier alpha value is -3.60. The summed E-state index contributed by atoms with van der Waals surface area (Å²) in [7, 11) is -3.54. The van der Waals surface area contributed by atoms with E-state index in [1.165, 1.54) is 18.3 Å². The summed E-state index contributed by atoms with van der Waals surface area (Å²) in [4.78, 5) is 25.4. The Morgan fingerprint density at radius 1 is 1.17 bits per heavy atom. The quantitative estimate of drug-likeness (QED) is 0.409. The lowest BCUT2D eigenvalue weighted by atomic mass is 10.0. The van der Waals surface area contributed by atoms with Crippen LogP contribution in [0.1, 0.15) is 51.6 Å². The van der Waals surface area contributed by atoms with E-state index >= 15 is 0 Å². The van der Waals surface area contributed by atoms with Gasteiger partial charge in [0.05, 0.1) is 34.8 Å². The van der Waals surface area contributed by atoms with E-state index in [0.29, 0.717) is 41.8 Å². The molecular weight excluding hydrogens is 485 g/mol. The molecule has 2 aromatic heterocycles. The number of benzene rings is 1. The van der Waals surface area contributed by atoms with Crippen LogP contribution in [-0.2, 0) is 14.8 Å². The molecule has 3 aromatic rings. The number of aromatic nitrogens is 3. The lowest BCUT2D eigenvalue weighted by Gasteiger charge is -2.16. The second-order valence-electron chi connectivity index (χ2n) is 8.87. The molecule has 0 aliphatic heterocycles. The van der Waals surface area contributed by atoms with Crippen LogP contribution in [0.25, 0.3) is 11.1 Å². The average molecular weight is 514 g/mol. The maximum absolute atomic E-state index is 14.9. The molecule has 190 valence electrons. The molecule has 2 N–H and O–H groups in total. The Morgan fingerprint density at radius 2 is 1.94 bits per heavy atom. The SMILES string of the molecule is CCC(C(=O)Nc1ccc(-c2cncc(OC(C)C)c2)cc1F)c1ccnc(NS(=O)(=O)C2CC2)n1. The number of amides is 1. The first-order valence-electron chi connectivity index (χ1n) is 11.7.